The van der Waals surface area contributed by atoms with E-state index in [1.807, 2.05) is 0 Å². The molecular weight excluding hydrogens is 199 g/mol. The molecule has 0 fully saturated rings. The number of benzene rings is 1. The highest BCUT2D eigenvalue weighted by atomic mass is 19.1. The highest BCUT2D eigenvalue weighted by Crippen LogP contribution is 2.16. The fraction of sp³-hybridized carbons (Fsp3) is 0.200. The van der Waals surface area contributed by atoms with E-state index < -0.39 is 11.8 Å². The molecule has 5 heteroatoms. The maximum Gasteiger partial charge on any atom is 0.338 e. The molecule has 0 saturated heterocycles. The molecule has 0 unspecified atom stereocenters. The van der Waals surface area contributed by atoms with Gasteiger partial charge in [0.05, 0.1) is 18.2 Å². The van der Waals surface area contributed by atoms with Crippen LogP contribution in [0.15, 0.2) is 12.1 Å². The lowest BCUT2D eigenvalue weighted by Gasteiger charge is -2.06. The van der Waals surface area contributed by atoms with Crippen molar-refractivity contribution in [3.63, 3.8) is 0 Å². The second-order valence-corrected chi connectivity index (χ2v) is 2.80. The SMILES string of the molecule is COC(=O)c1cc(C#N)c(F)cc1CN. The van der Waals surface area contributed by atoms with Crippen molar-refractivity contribution in [1.82, 2.24) is 0 Å². The molecule has 0 aliphatic heterocycles. The minimum absolute atomic E-state index is 0.00701. The van der Waals surface area contributed by atoms with Gasteiger partial charge in [0.2, 0.25) is 0 Å². The number of nitriles is 1. The van der Waals surface area contributed by atoms with Gasteiger partial charge < -0.3 is 10.5 Å². The molecule has 0 aliphatic carbocycles. The van der Waals surface area contributed by atoms with Gasteiger partial charge in [0, 0.05) is 6.54 Å². The number of rotatable bonds is 2. The third-order valence-electron chi connectivity index (χ3n) is 1.94. The molecule has 0 spiro atoms. The van der Waals surface area contributed by atoms with Gasteiger partial charge in [-0.25, -0.2) is 9.18 Å². The molecule has 0 saturated carbocycles. The molecule has 0 bridgehead atoms. The molecule has 78 valence electrons. The van der Waals surface area contributed by atoms with E-state index in [0.717, 1.165) is 12.1 Å². The molecule has 1 rings (SSSR count). The Labute approximate surface area is 86.1 Å². The van der Waals surface area contributed by atoms with E-state index in [2.05, 4.69) is 4.74 Å². The quantitative estimate of drug-likeness (QED) is 0.734. The summed E-state index contributed by atoms with van der Waals surface area (Å²) in [6.45, 7) is 0.00701. The Bertz CT molecular complexity index is 438. The number of methoxy groups -OCH3 is 1. The minimum atomic E-state index is -0.689. The van der Waals surface area contributed by atoms with E-state index in [1.54, 1.807) is 6.07 Å². The van der Waals surface area contributed by atoms with Gasteiger partial charge in [-0.1, -0.05) is 0 Å². The summed E-state index contributed by atoms with van der Waals surface area (Å²) in [5.41, 5.74) is 5.59. The van der Waals surface area contributed by atoms with E-state index in [1.165, 1.54) is 7.11 Å². The molecule has 15 heavy (non-hydrogen) atoms. The number of nitrogens with two attached hydrogens (primary N) is 1. The summed E-state index contributed by atoms with van der Waals surface area (Å²) in [7, 11) is 1.21. The first-order chi connectivity index (χ1) is 7.13. The lowest BCUT2D eigenvalue weighted by atomic mass is 10.0. The summed E-state index contributed by atoms with van der Waals surface area (Å²) in [4.78, 5) is 11.3. The molecule has 0 aromatic heterocycles. The number of carbonyl (C=O) groups is 1. The highest BCUT2D eigenvalue weighted by molar-refractivity contribution is 5.91. The van der Waals surface area contributed by atoms with E-state index in [0.29, 0.717) is 5.56 Å². The van der Waals surface area contributed by atoms with Crippen molar-refractivity contribution < 1.29 is 13.9 Å². The molecule has 0 amide bonds. The van der Waals surface area contributed by atoms with Gasteiger partial charge in [-0.3, -0.25) is 0 Å². The van der Waals surface area contributed by atoms with Crippen LogP contribution in [0.5, 0.6) is 0 Å². The van der Waals surface area contributed by atoms with Crippen LogP contribution < -0.4 is 5.73 Å². The largest absolute Gasteiger partial charge is 0.465 e. The maximum atomic E-state index is 13.2. The summed E-state index contributed by atoms with van der Waals surface area (Å²) in [5, 5.41) is 8.59. The average molecular weight is 208 g/mol. The summed E-state index contributed by atoms with van der Waals surface area (Å²) in [5.74, 6) is -1.32. The van der Waals surface area contributed by atoms with Gasteiger partial charge in [-0.15, -0.1) is 0 Å². The first kappa shape index (κ1) is 11.1. The zero-order valence-electron chi connectivity index (χ0n) is 8.08. The zero-order chi connectivity index (χ0) is 11.4. The Hall–Kier alpha value is -1.93. The number of carbonyl (C=O) groups excluding carboxylic acids is 1. The van der Waals surface area contributed by atoms with Crippen LogP contribution in [-0.2, 0) is 11.3 Å². The van der Waals surface area contributed by atoms with E-state index in [4.69, 9.17) is 11.0 Å². The van der Waals surface area contributed by atoms with Crippen LogP contribution in [0, 0.1) is 17.1 Å². The molecule has 1 aromatic rings. The molecule has 0 radical (unpaired) electrons. The number of hydrogen-bond acceptors (Lipinski definition) is 4. The lowest BCUT2D eigenvalue weighted by molar-refractivity contribution is 0.0599. The van der Waals surface area contributed by atoms with Crippen molar-refractivity contribution >= 4 is 5.97 Å². The number of nitrogens with zero attached hydrogens (tertiary/aromatic N) is 1. The van der Waals surface area contributed by atoms with Gasteiger partial charge in [0.25, 0.3) is 0 Å². The van der Waals surface area contributed by atoms with Crippen molar-refractivity contribution in [2.24, 2.45) is 5.73 Å². The zero-order valence-corrected chi connectivity index (χ0v) is 8.08. The monoisotopic (exact) mass is 208 g/mol. The number of ether oxygens (including phenoxy) is 1. The summed E-state index contributed by atoms with van der Waals surface area (Å²) in [6.07, 6.45) is 0. The van der Waals surface area contributed by atoms with Crippen LogP contribution in [-0.4, -0.2) is 13.1 Å². The van der Waals surface area contributed by atoms with E-state index in [9.17, 15) is 9.18 Å². The fourth-order valence-electron chi connectivity index (χ4n) is 1.17. The smallest absolute Gasteiger partial charge is 0.338 e. The van der Waals surface area contributed by atoms with Gasteiger partial charge >= 0.3 is 5.97 Å². The van der Waals surface area contributed by atoms with Crippen LogP contribution in [0.3, 0.4) is 0 Å². The number of esters is 1. The van der Waals surface area contributed by atoms with E-state index in [-0.39, 0.29) is 17.7 Å². The van der Waals surface area contributed by atoms with Crippen LogP contribution in [0.1, 0.15) is 21.5 Å². The van der Waals surface area contributed by atoms with Crippen LogP contribution in [0.4, 0.5) is 4.39 Å². The molecule has 4 nitrogen and oxygen atoms in total. The van der Waals surface area contributed by atoms with Crippen molar-refractivity contribution in [3.8, 4) is 6.07 Å². The Kier molecular flexibility index (Phi) is 3.37. The lowest BCUT2D eigenvalue weighted by Crippen LogP contribution is -2.10. The average Bonchev–Trinajstić information content (AvgIpc) is 2.27. The molecule has 0 atom stereocenters. The first-order valence-corrected chi connectivity index (χ1v) is 4.15. The second kappa shape index (κ2) is 4.53. The number of hydrogen-bond donors (Lipinski definition) is 1. The van der Waals surface area contributed by atoms with Crippen molar-refractivity contribution in [2.45, 2.75) is 6.54 Å². The van der Waals surface area contributed by atoms with Crippen molar-refractivity contribution in [1.29, 1.82) is 5.26 Å². The Balaban J connectivity index is 3.36. The number of halogens is 1. The Morgan fingerprint density at radius 2 is 2.33 bits per heavy atom. The maximum absolute atomic E-state index is 13.2. The van der Waals surface area contributed by atoms with Gasteiger partial charge in [0.15, 0.2) is 0 Å². The van der Waals surface area contributed by atoms with Gasteiger partial charge in [-0.2, -0.15) is 5.26 Å². The van der Waals surface area contributed by atoms with Crippen molar-refractivity contribution in [2.75, 3.05) is 7.11 Å². The standard InChI is InChI=1S/C10H9FN2O2/c1-15-10(14)8-2-7(5-13)9(11)3-6(8)4-12/h2-3H,4,12H2,1H3. The Morgan fingerprint density at radius 1 is 1.67 bits per heavy atom. The third kappa shape index (κ3) is 2.11. The third-order valence-corrected chi connectivity index (χ3v) is 1.94. The topological polar surface area (TPSA) is 76.1 Å². The van der Waals surface area contributed by atoms with Crippen LogP contribution in [0.2, 0.25) is 0 Å². The van der Waals surface area contributed by atoms with Gasteiger partial charge in [0.1, 0.15) is 11.9 Å². The summed E-state index contributed by atoms with van der Waals surface area (Å²) >= 11 is 0. The molecule has 0 aliphatic rings. The summed E-state index contributed by atoms with van der Waals surface area (Å²) in [6, 6.07) is 3.86. The van der Waals surface area contributed by atoms with Crippen LogP contribution in [0.25, 0.3) is 0 Å². The second-order valence-electron chi connectivity index (χ2n) is 2.80. The normalized spacial score (nSPS) is 9.47. The van der Waals surface area contributed by atoms with Crippen molar-refractivity contribution in [3.05, 3.63) is 34.6 Å². The Morgan fingerprint density at radius 3 is 2.80 bits per heavy atom. The predicted octanol–water partition coefficient (Wildman–Crippen LogP) is 0.943. The predicted molar refractivity (Wildman–Crippen MR) is 50.3 cm³/mol. The summed E-state index contributed by atoms with van der Waals surface area (Å²) < 4.78 is 17.6. The fourth-order valence-corrected chi connectivity index (χ4v) is 1.17. The minimum Gasteiger partial charge on any atom is -0.465 e. The highest BCUT2D eigenvalue weighted by Gasteiger charge is 2.15. The molecule has 0 heterocycles. The first-order valence-electron chi connectivity index (χ1n) is 4.15. The van der Waals surface area contributed by atoms with Gasteiger partial charge in [-0.05, 0) is 17.7 Å². The van der Waals surface area contributed by atoms with Crippen LogP contribution >= 0.6 is 0 Å². The van der Waals surface area contributed by atoms with E-state index >= 15 is 0 Å². The molecule has 2 N–H and O–H groups in total. The molecular formula is C10H9FN2O2. The molecule has 1 aromatic carbocycles.